The number of carbonyl (C=O) groups excluding carboxylic acids is 1. The molecule has 0 spiro atoms. The summed E-state index contributed by atoms with van der Waals surface area (Å²) >= 11 is 7.46. The molecular weight excluding hydrogens is 390 g/mol. The Labute approximate surface area is 175 Å². The molecule has 0 radical (unpaired) electrons. The number of ether oxygens (including phenoxy) is 1. The van der Waals surface area contributed by atoms with Gasteiger partial charge in [-0.2, -0.15) is 0 Å². The van der Waals surface area contributed by atoms with Crippen molar-refractivity contribution in [3.05, 3.63) is 89.4 Å². The Kier molecular flexibility index (Phi) is 7.40. The van der Waals surface area contributed by atoms with Crippen LogP contribution in [0.4, 0.5) is 5.69 Å². The second kappa shape index (κ2) is 10.2. The average Bonchev–Trinajstić information content (AvgIpc) is 2.73. The molecule has 28 heavy (non-hydrogen) atoms. The lowest BCUT2D eigenvalue weighted by Gasteiger charge is -2.15. The Bertz CT molecular complexity index is 883. The summed E-state index contributed by atoms with van der Waals surface area (Å²) in [5.74, 6) is 0.754. The van der Waals surface area contributed by atoms with E-state index in [0.29, 0.717) is 11.6 Å². The van der Waals surface area contributed by atoms with Crippen LogP contribution in [0, 0.1) is 0 Å². The summed E-state index contributed by atoms with van der Waals surface area (Å²) in [6.45, 7) is 2.52. The van der Waals surface area contributed by atoms with Crippen LogP contribution in [0.3, 0.4) is 0 Å². The van der Waals surface area contributed by atoms with Gasteiger partial charge in [0.1, 0.15) is 12.4 Å². The summed E-state index contributed by atoms with van der Waals surface area (Å²) in [6.07, 6.45) is 0.734. The molecular formula is C23H22ClNO2S. The highest BCUT2D eigenvalue weighted by molar-refractivity contribution is 8.00. The number of anilines is 1. The Morgan fingerprint density at radius 3 is 2.32 bits per heavy atom. The van der Waals surface area contributed by atoms with Crippen LogP contribution in [0.15, 0.2) is 83.8 Å². The highest BCUT2D eigenvalue weighted by Crippen LogP contribution is 2.28. The SMILES string of the molecule is CC[C@H](Sc1ccc(Cl)cc1)C(=O)Nc1ccc(OCc2ccccc2)cc1. The lowest BCUT2D eigenvalue weighted by molar-refractivity contribution is -0.115. The smallest absolute Gasteiger partial charge is 0.237 e. The van der Waals surface area contributed by atoms with E-state index in [1.165, 1.54) is 11.8 Å². The third-order valence-corrected chi connectivity index (χ3v) is 5.75. The van der Waals surface area contributed by atoms with Crippen LogP contribution >= 0.6 is 23.4 Å². The molecule has 5 heteroatoms. The van der Waals surface area contributed by atoms with Crippen molar-refractivity contribution in [2.24, 2.45) is 0 Å². The minimum absolute atomic E-state index is 0.0135. The third-order valence-electron chi connectivity index (χ3n) is 4.13. The summed E-state index contributed by atoms with van der Waals surface area (Å²) in [4.78, 5) is 13.6. The lowest BCUT2D eigenvalue weighted by Crippen LogP contribution is -2.24. The molecule has 0 aromatic heterocycles. The number of hydrogen-bond donors (Lipinski definition) is 1. The van der Waals surface area contributed by atoms with E-state index in [2.05, 4.69) is 5.32 Å². The van der Waals surface area contributed by atoms with Crippen LogP contribution in [0.2, 0.25) is 5.02 Å². The van der Waals surface area contributed by atoms with Gasteiger partial charge in [0.05, 0.1) is 5.25 Å². The monoisotopic (exact) mass is 411 g/mol. The molecule has 0 unspecified atom stereocenters. The quantitative estimate of drug-likeness (QED) is 0.434. The molecule has 3 aromatic carbocycles. The first-order valence-corrected chi connectivity index (χ1v) is 10.4. The summed E-state index contributed by atoms with van der Waals surface area (Å²) in [6, 6.07) is 25.0. The first kappa shape index (κ1) is 20.3. The number of nitrogens with one attached hydrogen (secondary N) is 1. The fourth-order valence-electron chi connectivity index (χ4n) is 2.60. The largest absolute Gasteiger partial charge is 0.489 e. The normalized spacial score (nSPS) is 11.6. The Morgan fingerprint density at radius 1 is 1.00 bits per heavy atom. The van der Waals surface area contributed by atoms with Gasteiger partial charge in [-0.3, -0.25) is 4.79 Å². The maximum Gasteiger partial charge on any atom is 0.237 e. The van der Waals surface area contributed by atoms with Crippen molar-refractivity contribution in [2.75, 3.05) is 5.32 Å². The molecule has 0 bridgehead atoms. The number of halogens is 1. The summed E-state index contributed by atoms with van der Waals surface area (Å²) in [5.41, 5.74) is 1.87. The van der Waals surface area contributed by atoms with E-state index in [9.17, 15) is 4.79 Å². The van der Waals surface area contributed by atoms with E-state index < -0.39 is 0 Å². The maximum atomic E-state index is 12.6. The van der Waals surface area contributed by atoms with Crippen LogP contribution < -0.4 is 10.1 Å². The van der Waals surface area contributed by atoms with Crippen molar-refractivity contribution in [3.63, 3.8) is 0 Å². The molecule has 0 fully saturated rings. The number of rotatable bonds is 8. The predicted octanol–water partition coefficient (Wildman–Crippen LogP) is 6.43. The van der Waals surface area contributed by atoms with Gasteiger partial charge < -0.3 is 10.1 Å². The standard InChI is InChI=1S/C23H22ClNO2S/c1-2-22(28-21-14-8-18(24)9-15-21)23(26)25-19-10-12-20(13-11-19)27-16-17-6-4-3-5-7-17/h3-15,22H,2,16H2,1H3,(H,25,26)/t22-/m0/s1. The molecule has 0 heterocycles. The molecule has 0 saturated carbocycles. The molecule has 0 aliphatic heterocycles. The Morgan fingerprint density at radius 2 is 1.68 bits per heavy atom. The molecule has 0 saturated heterocycles. The highest BCUT2D eigenvalue weighted by atomic mass is 35.5. The molecule has 1 atom stereocenters. The van der Waals surface area contributed by atoms with Crippen molar-refractivity contribution in [1.29, 1.82) is 0 Å². The molecule has 0 aliphatic carbocycles. The van der Waals surface area contributed by atoms with Crippen LogP contribution in [-0.2, 0) is 11.4 Å². The van der Waals surface area contributed by atoms with Gasteiger partial charge >= 0.3 is 0 Å². The van der Waals surface area contributed by atoms with Gasteiger partial charge in [0.15, 0.2) is 0 Å². The number of hydrogen-bond acceptors (Lipinski definition) is 3. The molecule has 1 N–H and O–H groups in total. The van der Waals surface area contributed by atoms with Crippen LogP contribution in [-0.4, -0.2) is 11.2 Å². The zero-order valence-electron chi connectivity index (χ0n) is 15.6. The van der Waals surface area contributed by atoms with E-state index in [1.54, 1.807) is 0 Å². The van der Waals surface area contributed by atoms with E-state index in [1.807, 2.05) is 85.8 Å². The first-order valence-electron chi connectivity index (χ1n) is 9.14. The molecule has 0 aliphatic rings. The second-order valence-electron chi connectivity index (χ2n) is 6.26. The van der Waals surface area contributed by atoms with Gasteiger partial charge in [0.25, 0.3) is 0 Å². The minimum atomic E-state index is -0.171. The van der Waals surface area contributed by atoms with Gasteiger partial charge in [0, 0.05) is 15.6 Å². The molecule has 1 amide bonds. The fourth-order valence-corrected chi connectivity index (χ4v) is 3.68. The number of carbonyl (C=O) groups is 1. The summed E-state index contributed by atoms with van der Waals surface area (Å²) < 4.78 is 5.78. The zero-order valence-corrected chi connectivity index (χ0v) is 17.2. The summed E-state index contributed by atoms with van der Waals surface area (Å²) in [5, 5.41) is 3.50. The molecule has 144 valence electrons. The topological polar surface area (TPSA) is 38.3 Å². The van der Waals surface area contributed by atoms with Crippen molar-refractivity contribution in [3.8, 4) is 5.75 Å². The summed E-state index contributed by atoms with van der Waals surface area (Å²) in [7, 11) is 0. The lowest BCUT2D eigenvalue weighted by atomic mass is 10.2. The van der Waals surface area contributed by atoms with Crippen LogP contribution in [0.25, 0.3) is 0 Å². The highest BCUT2D eigenvalue weighted by Gasteiger charge is 2.18. The third kappa shape index (κ3) is 6.04. The fraction of sp³-hybridized carbons (Fsp3) is 0.174. The van der Waals surface area contributed by atoms with E-state index >= 15 is 0 Å². The van der Waals surface area contributed by atoms with Crippen molar-refractivity contribution in [2.45, 2.75) is 30.1 Å². The van der Waals surface area contributed by atoms with Gasteiger partial charge in [-0.1, -0.05) is 48.9 Å². The van der Waals surface area contributed by atoms with Crippen molar-refractivity contribution < 1.29 is 9.53 Å². The average molecular weight is 412 g/mol. The maximum absolute atomic E-state index is 12.6. The van der Waals surface area contributed by atoms with Crippen molar-refractivity contribution in [1.82, 2.24) is 0 Å². The van der Waals surface area contributed by atoms with E-state index in [4.69, 9.17) is 16.3 Å². The Hall–Kier alpha value is -2.43. The molecule has 3 nitrogen and oxygen atoms in total. The number of amides is 1. The van der Waals surface area contributed by atoms with E-state index in [0.717, 1.165) is 28.3 Å². The second-order valence-corrected chi connectivity index (χ2v) is 7.97. The van der Waals surface area contributed by atoms with Gasteiger partial charge in [-0.05, 0) is 60.5 Å². The van der Waals surface area contributed by atoms with Gasteiger partial charge in [0.2, 0.25) is 5.91 Å². The van der Waals surface area contributed by atoms with Crippen LogP contribution in [0.5, 0.6) is 5.75 Å². The van der Waals surface area contributed by atoms with Gasteiger partial charge in [-0.25, -0.2) is 0 Å². The Balaban J connectivity index is 1.54. The number of thioether (sulfide) groups is 1. The number of benzene rings is 3. The van der Waals surface area contributed by atoms with Gasteiger partial charge in [-0.15, -0.1) is 11.8 Å². The van der Waals surface area contributed by atoms with E-state index in [-0.39, 0.29) is 11.2 Å². The molecule has 3 aromatic rings. The first-order chi connectivity index (χ1) is 13.6. The molecule has 3 rings (SSSR count). The van der Waals surface area contributed by atoms with Crippen LogP contribution in [0.1, 0.15) is 18.9 Å². The van der Waals surface area contributed by atoms with Crippen molar-refractivity contribution >= 4 is 35.0 Å². The predicted molar refractivity (Wildman–Crippen MR) is 117 cm³/mol. The minimum Gasteiger partial charge on any atom is -0.489 e. The zero-order chi connectivity index (χ0) is 19.8.